The number of nitrogens with zero attached hydrogens (tertiary/aromatic N) is 4. The molecule has 1 saturated heterocycles. The number of nitrogens with one attached hydrogen (secondary N) is 2. The third kappa shape index (κ3) is 5.41. The summed E-state index contributed by atoms with van der Waals surface area (Å²) in [7, 11) is 1.98. The Bertz CT molecular complexity index is 1980. The highest BCUT2D eigenvalue weighted by atomic mass is 16.3. The lowest BCUT2D eigenvalue weighted by atomic mass is 10.1. The van der Waals surface area contributed by atoms with E-state index in [1.54, 1.807) is 6.20 Å². The molecule has 6 aromatic rings. The van der Waals surface area contributed by atoms with Crippen LogP contribution in [0.2, 0.25) is 0 Å². The molecule has 0 aliphatic carbocycles. The average Bonchev–Trinajstić information content (AvgIpc) is 3.64. The molecule has 220 valence electrons. The van der Waals surface area contributed by atoms with E-state index in [1.807, 2.05) is 113 Å². The van der Waals surface area contributed by atoms with Gasteiger partial charge in [0.05, 0.1) is 23.5 Å². The minimum atomic E-state index is -0.220. The maximum atomic E-state index is 13.0. The summed E-state index contributed by atoms with van der Waals surface area (Å²) < 4.78 is 3.85. The molecule has 44 heavy (non-hydrogen) atoms. The van der Waals surface area contributed by atoms with Crippen LogP contribution in [-0.2, 0) is 7.05 Å². The van der Waals surface area contributed by atoms with Gasteiger partial charge in [-0.1, -0.05) is 0 Å². The molecule has 7 rings (SSSR count). The van der Waals surface area contributed by atoms with Crippen LogP contribution in [0.1, 0.15) is 33.6 Å². The highest BCUT2D eigenvalue weighted by Crippen LogP contribution is 2.25. The van der Waals surface area contributed by atoms with E-state index in [9.17, 15) is 14.7 Å². The van der Waals surface area contributed by atoms with Crippen molar-refractivity contribution < 1.29 is 14.7 Å². The molecule has 0 radical (unpaired) electrons. The van der Waals surface area contributed by atoms with E-state index >= 15 is 0 Å². The second kappa shape index (κ2) is 11.3. The molecule has 1 aliphatic heterocycles. The van der Waals surface area contributed by atoms with Crippen molar-refractivity contribution in [3.05, 3.63) is 115 Å². The summed E-state index contributed by atoms with van der Waals surface area (Å²) in [6.45, 7) is 1.63. The second-order valence-corrected chi connectivity index (χ2v) is 11.3. The molecule has 9 heteroatoms. The van der Waals surface area contributed by atoms with E-state index in [4.69, 9.17) is 0 Å². The van der Waals surface area contributed by atoms with Gasteiger partial charge in [0, 0.05) is 70.8 Å². The molecule has 0 unspecified atom stereocenters. The SMILES string of the molecule is Cn1ccc2cc(C(=O)Nc3ccc(-n4ncc5cc(NC(=O)c6ccc(N7CCC(O)CC7)cc6)ccc54)cc3)ccc21. The first kappa shape index (κ1) is 27.4. The quantitative estimate of drug-likeness (QED) is 0.223. The summed E-state index contributed by atoms with van der Waals surface area (Å²) in [6.07, 6.45) is 5.05. The zero-order valence-electron chi connectivity index (χ0n) is 24.3. The molecule has 0 spiro atoms. The van der Waals surface area contributed by atoms with Gasteiger partial charge < -0.3 is 25.2 Å². The Morgan fingerprint density at radius 1 is 0.727 bits per heavy atom. The molecule has 3 N–H and O–H groups in total. The number of rotatable bonds is 6. The van der Waals surface area contributed by atoms with E-state index in [-0.39, 0.29) is 17.9 Å². The lowest BCUT2D eigenvalue weighted by Gasteiger charge is -2.31. The third-order valence-electron chi connectivity index (χ3n) is 8.30. The zero-order valence-corrected chi connectivity index (χ0v) is 24.3. The van der Waals surface area contributed by atoms with Crippen LogP contribution in [0.15, 0.2) is 103 Å². The zero-order chi connectivity index (χ0) is 30.2. The summed E-state index contributed by atoms with van der Waals surface area (Å²) in [6, 6.07) is 28.5. The van der Waals surface area contributed by atoms with Crippen LogP contribution in [-0.4, -0.2) is 50.5 Å². The summed E-state index contributed by atoms with van der Waals surface area (Å²) in [4.78, 5) is 28.1. The molecular weight excluding hydrogens is 552 g/mol. The number of carbonyl (C=O) groups is 2. The van der Waals surface area contributed by atoms with Crippen LogP contribution in [0.4, 0.5) is 17.1 Å². The van der Waals surface area contributed by atoms with E-state index in [2.05, 4.69) is 20.6 Å². The molecule has 0 saturated carbocycles. The first-order chi connectivity index (χ1) is 21.4. The van der Waals surface area contributed by atoms with Gasteiger partial charge in [-0.3, -0.25) is 9.59 Å². The number of fused-ring (bicyclic) bond motifs is 2. The van der Waals surface area contributed by atoms with Gasteiger partial charge in [0.2, 0.25) is 0 Å². The fourth-order valence-corrected chi connectivity index (χ4v) is 5.78. The number of hydrogen-bond acceptors (Lipinski definition) is 5. The number of carbonyl (C=O) groups excluding carboxylic acids is 2. The van der Waals surface area contributed by atoms with Gasteiger partial charge in [-0.15, -0.1) is 0 Å². The summed E-state index contributed by atoms with van der Waals surface area (Å²) >= 11 is 0. The van der Waals surface area contributed by atoms with E-state index < -0.39 is 0 Å². The van der Waals surface area contributed by atoms with E-state index in [1.165, 1.54) is 0 Å². The lowest BCUT2D eigenvalue weighted by Crippen LogP contribution is -2.35. The fourth-order valence-electron chi connectivity index (χ4n) is 5.78. The maximum absolute atomic E-state index is 13.0. The Labute approximate surface area is 254 Å². The Morgan fingerprint density at radius 3 is 2.14 bits per heavy atom. The number of piperidine rings is 1. The van der Waals surface area contributed by atoms with Gasteiger partial charge in [0.1, 0.15) is 0 Å². The van der Waals surface area contributed by atoms with Crippen LogP contribution in [0.3, 0.4) is 0 Å². The molecule has 2 amide bonds. The smallest absolute Gasteiger partial charge is 0.255 e. The predicted octanol–water partition coefficient (Wildman–Crippen LogP) is 5.98. The predicted molar refractivity (Wildman–Crippen MR) is 174 cm³/mol. The first-order valence-corrected chi connectivity index (χ1v) is 14.7. The van der Waals surface area contributed by atoms with Crippen LogP contribution >= 0.6 is 0 Å². The van der Waals surface area contributed by atoms with Crippen molar-refractivity contribution >= 4 is 50.7 Å². The van der Waals surface area contributed by atoms with Gasteiger partial charge in [0.25, 0.3) is 11.8 Å². The van der Waals surface area contributed by atoms with Crippen LogP contribution in [0.25, 0.3) is 27.5 Å². The fraction of sp³-hybridized carbons (Fsp3) is 0.171. The van der Waals surface area contributed by atoms with Crippen molar-refractivity contribution in [3.63, 3.8) is 0 Å². The summed E-state index contributed by atoms with van der Waals surface area (Å²) in [5.41, 5.74) is 6.43. The molecule has 4 aromatic carbocycles. The Balaban J connectivity index is 1.01. The second-order valence-electron chi connectivity index (χ2n) is 11.3. The molecule has 9 nitrogen and oxygen atoms in total. The Kier molecular flexibility index (Phi) is 7.07. The third-order valence-corrected chi connectivity index (χ3v) is 8.30. The maximum Gasteiger partial charge on any atom is 0.255 e. The Hall–Kier alpha value is -5.41. The van der Waals surface area contributed by atoms with Crippen molar-refractivity contribution in [1.29, 1.82) is 0 Å². The first-order valence-electron chi connectivity index (χ1n) is 14.7. The number of anilines is 3. The number of hydrogen-bond donors (Lipinski definition) is 3. The number of benzene rings is 4. The normalized spacial score (nSPS) is 13.8. The minimum absolute atomic E-state index is 0.165. The minimum Gasteiger partial charge on any atom is -0.393 e. The highest BCUT2D eigenvalue weighted by molar-refractivity contribution is 6.06. The Morgan fingerprint density at radius 2 is 1.36 bits per heavy atom. The largest absolute Gasteiger partial charge is 0.393 e. The van der Waals surface area contributed by atoms with E-state index in [0.717, 1.165) is 59.1 Å². The van der Waals surface area contributed by atoms with Gasteiger partial charge >= 0.3 is 0 Å². The summed E-state index contributed by atoms with van der Waals surface area (Å²) in [5, 5.41) is 22.2. The van der Waals surface area contributed by atoms with Gasteiger partial charge in [-0.05, 0) is 104 Å². The molecule has 1 fully saturated rings. The molecule has 0 bridgehead atoms. The molecular formula is C35H32N6O3. The molecule has 3 heterocycles. The van der Waals surface area contributed by atoms with Gasteiger partial charge in [0.15, 0.2) is 0 Å². The number of aromatic nitrogens is 3. The average molecular weight is 585 g/mol. The van der Waals surface area contributed by atoms with Gasteiger partial charge in [-0.25, -0.2) is 4.68 Å². The van der Waals surface area contributed by atoms with Crippen molar-refractivity contribution in [2.45, 2.75) is 18.9 Å². The highest BCUT2D eigenvalue weighted by Gasteiger charge is 2.18. The molecule has 1 aliphatic rings. The van der Waals surface area contributed by atoms with Gasteiger partial charge in [-0.2, -0.15) is 5.10 Å². The summed E-state index contributed by atoms with van der Waals surface area (Å²) in [5.74, 6) is -0.347. The number of aliphatic hydroxyl groups is 1. The monoisotopic (exact) mass is 584 g/mol. The topological polar surface area (TPSA) is 104 Å². The van der Waals surface area contributed by atoms with Crippen molar-refractivity contribution in [1.82, 2.24) is 14.3 Å². The van der Waals surface area contributed by atoms with Crippen LogP contribution < -0.4 is 15.5 Å². The number of aryl methyl sites for hydroxylation is 1. The molecule has 2 aromatic heterocycles. The van der Waals surface area contributed by atoms with Crippen molar-refractivity contribution in [3.8, 4) is 5.69 Å². The van der Waals surface area contributed by atoms with Crippen LogP contribution in [0, 0.1) is 0 Å². The molecule has 0 atom stereocenters. The van der Waals surface area contributed by atoms with Crippen molar-refractivity contribution in [2.24, 2.45) is 7.05 Å². The number of aliphatic hydroxyl groups excluding tert-OH is 1. The standard InChI is InChI=1S/C35H32N6O3/c1-39-17-14-24-20-25(4-12-32(24)39)35(44)37-27-5-10-30(11-6-27)41-33-13-7-28(21-26(33)22-36-41)38-34(43)23-2-8-29(9-3-23)40-18-15-31(42)16-19-40/h2-14,17,20-22,31,42H,15-16,18-19H2,1H3,(H,37,44)(H,38,43). The lowest BCUT2D eigenvalue weighted by molar-refractivity contribution is 0.101. The number of amides is 2. The van der Waals surface area contributed by atoms with Crippen molar-refractivity contribution in [2.75, 3.05) is 28.6 Å². The van der Waals surface area contributed by atoms with E-state index in [0.29, 0.717) is 22.5 Å². The van der Waals surface area contributed by atoms with Crippen LogP contribution in [0.5, 0.6) is 0 Å².